The second kappa shape index (κ2) is 7.03. The second-order valence-corrected chi connectivity index (χ2v) is 6.39. The Kier molecular flexibility index (Phi) is 4.43. The molecular formula is C19H21N4O2+. The predicted octanol–water partition coefficient (Wildman–Crippen LogP) is 1.37. The van der Waals surface area contributed by atoms with E-state index in [9.17, 15) is 4.79 Å². The Hall–Kier alpha value is -2.73. The number of furan rings is 1. The van der Waals surface area contributed by atoms with Gasteiger partial charge in [0.05, 0.1) is 43.1 Å². The van der Waals surface area contributed by atoms with Crippen LogP contribution in [-0.2, 0) is 0 Å². The lowest BCUT2D eigenvalue weighted by molar-refractivity contribution is -0.919. The molecular weight excluding hydrogens is 316 g/mol. The predicted molar refractivity (Wildman–Crippen MR) is 93.3 cm³/mol. The van der Waals surface area contributed by atoms with E-state index in [0.29, 0.717) is 12.2 Å². The Balaban J connectivity index is 1.48. The van der Waals surface area contributed by atoms with Crippen LogP contribution in [0.2, 0.25) is 0 Å². The van der Waals surface area contributed by atoms with Crippen molar-refractivity contribution in [1.29, 1.82) is 0 Å². The van der Waals surface area contributed by atoms with Crippen LogP contribution in [-0.4, -0.2) is 35.5 Å². The third-order valence-corrected chi connectivity index (χ3v) is 4.77. The van der Waals surface area contributed by atoms with Gasteiger partial charge in [0, 0.05) is 12.8 Å². The van der Waals surface area contributed by atoms with Gasteiger partial charge >= 0.3 is 0 Å². The molecule has 0 saturated carbocycles. The van der Waals surface area contributed by atoms with Crippen LogP contribution in [0.3, 0.4) is 0 Å². The lowest BCUT2D eigenvalue weighted by Crippen LogP contribution is -3.11. The first-order valence-electron chi connectivity index (χ1n) is 8.69. The summed E-state index contributed by atoms with van der Waals surface area (Å²) < 4.78 is 5.60. The maximum absolute atomic E-state index is 12.5. The van der Waals surface area contributed by atoms with Crippen LogP contribution in [0.4, 0.5) is 0 Å². The number of para-hydroxylation sites is 2. The highest BCUT2D eigenvalue weighted by molar-refractivity contribution is 5.93. The van der Waals surface area contributed by atoms with Crippen molar-refractivity contribution in [3.63, 3.8) is 0 Å². The van der Waals surface area contributed by atoms with Crippen LogP contribution in [0.15, 0.2) is 53.3 Å². The third kappa shape index (κ3) is 3.39. The number of nitrogens with one attached hydrogen (secondary N) is 2. The summed E-state index contributed by atoms with van der Waals surface area (Å²) in [7, 11) is 0. The molecule has 25 heavy (non-hydrogen) atoms. The Morgan fingerprint density at radius 3 is 2.72 bits per heavy atom. The van der Waals surface area contributed by atoms with Crippen molar-refractivity contribution in [3.05, 3.63) is 60.3 Å². The highest BCUT2D eigenvalue weighted by Crippen LogP contribution is 2.12. The van der Waals surface area contributed by atoms with E-state index in [1.54, 1.807) is 6.26 Å². The standard InChI is InChI=1S/C19H20N4O2/c24-19(16-12-20-14-6-1-2-7-15(14)22-16)21-13-17(18-8-5-11-25-18)23-9-3-4-10-23/h1-2,5-8,11-12,17H,3-4,9-10,13H2,(H,21,24)/p+1/t17-/m0/s1. The van der Waals surface area contributed by atoms with Crippen molar-refractivity contribution in [1.82, 2.24) is 15.3 Å². The van der Waals surface area contributed by atoms with Gasteiger partial charge in [0.25, 0.3) is 5.91 Å². The van der Waals surface area contributed by atoms with Gasteiger partial charge in [0.15, 0.2) is 11.8 Å². The van der Waals surface area contributed by atoms with Gasteiger partial charge in [0.2, 0.25) is 0 Å². The van der Waals surface area contributed by atoms with E-state index in [4.69, 9.17) is 4.42 Å². The minimum absolute atomic E-state index is 0.134. The Labute approximate surface area is 145 Å². The number of hydrogen-bond donors (Lipinski definition) is 2. The molecule has 0 aliphatic carbocycles. The number of aromatic nitrogens is 2. The van der Waals surface area contributed by atoms with Crippen molar-refractivity contribution >= 4 is 16.9 Å². The van der Waals surface area contributed by atoms with Gasteiger partial charge < -0.3 is 14.6 Å². The Morgan fingerprint density at radius 1 is 1.16 bits per heavy atom. The highest BCUT2D eigenvalue weighted by Gasteiger charge is 2.30. The van der Waals surface area contributed by atoms with Crippen molar-refractivity contribution in [3.8, 4) is 0 Å². The van der Waals surface area contributed by atoms with Crippen LogP contribution in [0.1, 0.15) is 35.1 Å². The van der Waals surface area contributed by atoms with Crippen molar-refractivity contribution in [2.45, 2.75) is 18.9 Å². The molecule has 6 heteroatoms. The Bertz CT molecular complexity index is 857. The monoisotopic (exact) mass is 337 g/mol. The van der Waals surface area contributed by atoms with Gasteiger partial charge in [-0.15, -0.1) is 0 Å². The summed E-state index contributed by atoms with van der Waals surface area (Å²) in [5.74, 6) is 0.718. The number of likely N-dealkylation sites (tertiary alicyclic amines) is 1. The summed E-state index contributed by atoms with van der Waals surface area (Å²) in [4.78, 5) is 22.7. The lowest BCUT2D eigenvalue weighted by atomic mass is 10.2. The fourth-order valence-electron chi connectivity index (χ4n) is 3.47. The molecule has 1 aliphatic rings. The number of nitrogens with zero attached hydrogens (tertiary/aromatic N) is 2. The number of quaternary nitrogens is 1. The van der Waals surface area contributed by atoms with Gasteiger partial charge in [-0.2, -0.15) is 0 Å². The maximum atomic E-state index is 12.5. The van der Waals surface area contributed by atoms with Crippen LogP contribution in [0.5, 0.6) is 0 Å². The zero-order valence-electron chi connectivity index (χ0n) is 13.9. The maximum Gasteiger partial charge on any atom is 0.271 e. The largest absolute Gasteiger partial charge is 0.463 e. The van der Waals surface area contributed by atoms with E-state index in [2.05, 4.69) is 15.3 Å². The Morgan fingerprint density at radius 2 is 1.96 bits per heavy atom. The van der Waals surface area contributed by atoms with Crippen molar-refractivity contribution < 1.29 is 14.1 Å². The molecule has 0 radical (unpaired) electrons. The van der Waals surface area contributed by atoms with Gasteiger partial charge in [-0.1, -0.05) is 12.1 Å². The zero-order chi connectivity index (χ0) is 17.1. The number of carbonyl (C=O) groups excluding carboxylic acids is 1. The van der Waals surface area contributed by atoms with E-state index in [1.807, 2.05) is 36.4 Å². The fourth-order valence-corrected chi connectivity index (χ4v) is 3.47. The molecule has 1 saturated heterocycles. The normalized spacial score (nSPS) is 16.2. The molecule has 2 aromatic heterocycles. The first kappa shape index (κ1) is 15.8. The molecule has 1 fully saturated rings. The number of fused-ring (bicyclic) bond motifs is 1. The minimum atomic E-state index is -0.201. The summed E-state index contributed by atoms with van der Waals surface area (Å²) in [5, 5.41) is 3.01. The molecule has 1 amide bonds. The molecule has 128 valence electrons. The number of benzene rings is 1. The van der Waals surface area contributed by atoms with E-state index in [0.717, 1.165) is 29.9 Å². The first-order chi connectivity index (χ1) is 12.3. The molecule has 1 atom stereocenters. The second-order valence-electron chi connectivity index (χ2n) is 6.39. The summed E-state index contributed by atoms with van der Waals surface area (Å²) in [6.45, 7) is 2.74. The molecule has 2 N–H and O–H groups in total. The van der Waals surface area contributed by atoms with Gasteiger partial charge in [-0.3, -0.25) is 9.78 Å². The van der Waals surface area contributed by atoms with Crippen LogP contribution >= 0.6 is 0 Å². The molecule has 1 aromatic carbocycles. The van der Waals surface area contributed by atoms with Gasteiger partial charge in [0.1, 0.15) is 5.69 Å². The molecule has 0 unspecified atom stereocenters. The van der Waals surface area contributed by atoms with Gasteiger partial charge in [-0.05, 0) is 24.3 Å². The lowest BCUT2D eigenvalue weighted by Gasteiger charge is -2.23. The van der Waals surface area contributed by atoms with Crippen molar-refractivity contribution in [2.24, 2.45) is 0 Å². The molecule has 4 rings (SSSR count). The smallest absolute Gasteiger partial charge is 0.271 e. The summed E-state index contributed by atoms with van der Waals surface area (Å²) in [6, 6.07) is 11.6. The van der Waals surface area contributed by atoms with E-state index in [-0.39, 0.29) is 11.9 Å². The average Bonchev–Trinajstić information content (AvgIpc) is 3.36. The minimum Gasteiger partial charge on any atom is -0.463 e. The summed E-state index contributed by atoms with van der Waals surface area (Å²) >= 11 is 0. The summed E-state index contributed by atoms with van der Waals surface area (Å²) in [6.07, 6.45) is 5.66. The fraction of sp³-hybridized carbons (Fsp3) is 0.316. The average molecular weight is 337 g/mol. The number of amides is 1. The van der Waals surface area contributed by atoms with E-state index in [1.165, 1.54) is 23.9 Å². The molecule has 1 aliphatic heterocycles. The molecule has 3 aromatic rings. The molecule has 0 bridgehead atoms. The van der Waals surface area contributed by atoms with E-state index < -0.39 is 0 Å². The van der Waals surface area contributed by atoms with E-state index >= 15 is 0 Å². The topological polar surface area (TPSA) is 72.5 Å². The molecule has 0 spiro atoms. The zero-order valence-corrected chi connectivity index (χ0v) is 13.9. The van der Waals surface area contributed by atoms with Crippen LogP contribution in [0, 0.1) is 0 Å². The molecule has 3 heterocycles. The SMILES string of the molecule is O=C(NC[C@@H](c1ccco1)[NH+]1CCCC1)c1cnc2ccccc2n1. The quantitative estimate of drug-likeness (QED) is 0.738. The first-order valence-corrected chi connectivity index (χ1v) is 8.69. The highest BCUT2D eigenvalue weighted by atomic mass is 16.3. The summed E-state index contributed by atoms with van der Waals surface area (Å²) in [5.41, 5.74) is 1.85. The van der Waals surface area contributed by atoms with Gasteiger partial charge in [-0.25, -0.2) is 4.98 Å². The number of hydrogen-bond acceptors (Lipinski definition) is 4. The van der Waals surface area contributed by atoms with Crippen LogP contribution in [0.25, 0.3) is 11.0 Å². The van der Waals surface area contributed by atoms with Crippen molar-refractivity contribution in [2.75, 3.05) is 19.6 Å². The molecule has 6 nitrogen and oxygen atoms in total. The van der Waals surface area contributed by atoms with Crippen LogP contribution < -0.4 is 10.2 Å². The third-order valence-electron chi connectivity index (χ3n) is 4.77. The number of carbonyl (C=O) groups is 1. The number of rotatable bonds is 5.